The maximum Gasteiger partial charge on any atom is 0.0683 e. The van der Waals surface area contributed by atoms with Crippen molar-refractivity contribution < 1.29 is 0 Å². The van der Waals surface area contributed by atoms with Crippen molar-refractivity contribution in [2.24, 2.45) is 5.41 Å². The van der Waals surface area contributed by atoms with Gasteiger partial charge in [0.2, 0.25) is 0 Å². The highest BCUT2D eigenvalue weighted by Gasteiger charge is 2.34. The summed E-state index contributed by atoms with van der Waals surface area (Å²) in [6.45, 7) is 7.75. The third kappa shape index (κ3) is 3.24. The zero-order chi connectivity index (χ0) is 13.2. The number of hydrogen-bond acceptors (Lipinski definition) is 3. The lowest BCUT2D eigenvalue weighted by Crippen LogP contribution is -2.37. The van der Waals surface area contributed by atoms with E-state index < -0.39 is 0 Å². The van der Waals surface area contributed by atoms with E-state index in [1.54, 1.807) is 0 Å². The summed E-state index contributed by atoms with van der Waals surface area (Å²) in [7, 11) is 2.30. The molecule has 102 valence electrons. The molecule has 2 aliphatic heterocycles. The third-order valence-electron chi connectivity index (χ3n) is 4.81. The Hall–Kier alpha value is -0.590. The molecule has 2 fully saturated rings. The van der Waals surface area contributed by atoms with Gasteiger partial charge in [0.15, 0.2) is 0 Å². The van der Waals surface area contributed by atoms with E-state index in [0.717, 1.165) is 24.9 Å². The molecule has 2 heterocycles. The van der Waals surface area contributed by atoms with Crippen LogP contribution < -0.4 is 0 Å². The van der Waals surface area contributed by atoms with E-state index >= 15 is 0 Å². The van der Waals surface area contributed by atoms with Crippen molar-refractivity contribution in [3.8, 4) is 6.07 Å². The predicted octanol–water partition coefficient (Wildman–Crippen LogP) is 2.48. The van der Waals surface area contributed by atoms with Crippen LogP contribution in [0.15, 0.2) is 0 Å². The summed E-state index contributed by atoms with van der Waals surface area (Å²) >= 11 is 0. The summed E-state index contributed by atoms with van der Waals surface area (Å²) in [6, 6.07) is 4.01. The van der Waals surface area contributed by atoms with Crippen molar-refractivity contribution in [3.63, 3.8) is 0 Å². The van der Waals surface area contributed by atoms with Gasteiger partial charge in [-0.3, -0.25) is 4.90 Å². The van der Waals surface area contributed by atoms with Gasteiger partial charge in [-0.2, -0.15) is 5.26 Å². The minimum atomic E-state index is -0.151. The molecule has 0 aromatic heterocycles. The molecule has 2 saturated heterocycles. The van der Waals surface area contributed by atoms with Crippen LogP contribution in [0.2, 0.25) is 0 Å². The fourth-order valence-electron chi connectivity index (χ4n) is 3.38. The molecule has 0 aliphatic carbocycles. The second-order valence-corrected chi connectivity index (χ2v) is 6.74. The van der Waals surface area contributed by atoms with E-state index in [9.17, 15) is 0 Å². The van der Waals surface area contributed by atoms with Gasteiger partial charge in [0, 0.05) is 18.6 Å². The van der Waals surface area contributed by atoms with Crippen LogP contribution in [0.4, 0.5) is 0 Å². The molecule has 0 aromatic carbocycles. The van der Waals surface area contributed by atoms with Crippen LogP contribution in [-0.2, 0) is 0 Å². The van der Waals surface area contributed by atoms with E-state index in [2.05, 4.69) is 22.9 Å². The largest absolute Gasteiger partial charge is 0.302 e. The van der Waals surface area contributed by atoms with E-state index in [4.69, 9.17) is 5.26 Å². The highest BCUT2D eigenvalue weighted by atomic mass is 15.3. The molecule has 2 atom stereocenters. The second-order valence-electron chi connectivity index (χ2n) is 6.74. The molecule has 0 spiro atoms. The Labute approximate surface area is 112 Å². The predicted molar refractivity (Wildman–Crippen MR) is 74.3 cm³/mol. The summed E-state index contributed by atoms with van der Waals surface area (Å²) in [4.78, 5) is 5.22. The van der Waals surface area contributed by atoms with Crippen molar-refractivity contribution in [1.29, 1.82) is 5.26 Å². The molecule has 0 radical (unpaired) electrons. The van der Waals surface area contributed by atoms with E-state index in [-0.39, 0.29) is 5.41 Å². The molecule has 2 rings (SSSR count). The summed E-state index contributed by atoms with van der Waals surface area (Å²) in [6.07, 6.45) is 6.28. The van der Waals surface area contributed by atoms with Crippen LogP contribution in [0.5, 0.6) is 0 Å². The van der Waals surface area contributed by atoms with Gasteiger partial charge in [-0.05, 0) is 66.1 Å². The Balaban J connectivity index is 1.76. The second kappa shape index (κ2) is 5.59. The van der Waals surface area contributed by atoms with E-state index in [1.807, 2.05) is 13.8 Å². The van der Waals surface area contributed by atoms with Gasteiger partial charge in [-0.15, -0.1) is 0 Å². The monoisotopic (exact) mass is 249 g/mol. The highest BCUT2D eigenvalue weighted by Crippen LogP contribution is 2.29. The first kappa shape index (κ1) is 13.8. The molecule has 2 bridgehead atoms. The number of nitrogens with zero attached hydrogens (tertiary/aromatic N) is 3. The van der Waals surface area contributed by atoms with Gasteiger partial charge in [0.1, 0.15) is 0 Å². The number of rotatable bonds is 4. The molecule has 0 amide bonds. The maximum atomic E-state index is 9.03. The molecule has 18 heavy (non-hydrogen) atoms. The van der Waals surface area contributed by atoms with E-state index in [0.29, 0.717) is 0 Å². The molecule has 0 N–H and O–H groups in total. The van der Waals surface area contributed by atoms with Crippen molar-refractivity contribution in [1.82, 2.24) is 9.80 Å². The van der Waals surface area contributed by atoms with Gasteiger partial charge >= 0.3 is 0 Å². The molecule has 2 unspecified atom stereocenters. The Bertz CT molecular complexity index is 318. The minimum Gasteiger partial charge on any atom is -0.302 e. The van der Waals surface area contributed by atoms with Crippen molar-refractivity contribution in [3.05, 3.63) is 0 Å². The zero-order valence-corrected chi connectivity index (χ0v) is 12.2. The first-order chi connectivity index (χ1) is 8.52. The van der Waals surface area contributed by atoms with Crippen molar-refractivity contribution in [2.45, 2.75) is 58.0 Å². The quantitative estimate of drug-likeness (QED) is 0.767. The fraction of sp³-hybridized carbons (Fsp3) is 0.933. The summed E-state index contributed by atoms with van der Waals surface area (Å²) in [5.74, 6) is 0. The Morgan fingerprint density at radius 1 is 1.22 bits per heavy atom. The summed E-state index contributed by atoms with van der Waals surface area (Å²) in [5.41, 5.74) is -0.151. The van der Waals surface area contributed by atoms with E-state index in [1.165, 1.54) is 38.9 Å². The highest BCUT2D eigenvalue weighted by molar-refractivity contribution is 4.93. The molecule has 0 saturated carbocycles. The molecular weight excluding hydrogens is 222 g/mol. The smallest absolute Gasteiger partial charge is 0.0683 e. The van der Waals surface area contributed by atoms with Gasteiger partial charge in [-0.1, -0.05) is 0 Å². The number of likely N-dealkylation sites (N-methyl/N-ethyl adjacent to an activating group) is 1. The van der Waals surface area contributed by atoms with Gasteiger partial charge in [0.25, 0.3) is 0 Å². The molecular formula is C15H27N3. The standard InChI is InChI=1S/C15H27N3/c1-15(2,12-16)8-4-9-18-10-7-13-5-6-14(11-18)17(13)3/h13-14H,4-11H2,1-3H3. The maximum absolute atomic E-state index is 9.03. The van der Waals surface area contributed by atoms with Crippen LogP contribution in [-0.4, -0.2) is 48.6 Å². The summed E-state index contributed by atoms with van der Waals surface area (Å²) in [5, 5.41) is 9.03. The van der Waals surface area contributed by atoms with Gasteiger partial charge in [0.05, 0.1) is 11.5 Å². The first-order valence-corrected chi connectivity index (χ1v) is 7.37. The fourth-order valence-corrected chi connectivity index (χ4v) is 3.38. The molecule has 3 heteroatoms. The normalized spacial score (nSPS) is 30.1. The van der Waals surface area contributed by atoms with Gasteiger partial charge in [-0.25, -0.2) is 0 Å². The summed E-state index contributed by atoms with van der Waals surface area (Å²) < 4.78 is 0. The number of nitriles is 1. The Morgan fingerprint density at radius 3 is 2.67 bits per heavy atom. The van der Waals surface area contributed by atoms with Crippen molar-refractivity contribution in [2.75, 3.05) is 26.7 Å². The lowest BCUT2D eigenvalue weighted by Gasteiger charge is -2.26. The van der Waals surface area contributed by atoms with Crippen LogP contribution in [0, 0.1) is 16.7 Å². The van der Waals surface area contributed by atoms with Crippen LogP contribution in [0.1, 0.15) is 46.0 Å². The lowest BCUT2D eigenvalue weighted by molar-refractivity contribution is 0.213. The third-order valence-corrected chi connectivity index (χ3v) is 4.81. The van der Waals surface area contributed by atoms with Crippen LogP contribution in [0.3, 0.4) is 0 Å². The number of likely N-dealkylation sites (tertiary alicyclic amines) is 1. The van der Waals surface area contributed by atoms with Gasteiger partial charge < -0.3 is 4.90 Å². The first-order valence-electron chi connectivity index (χ1n) is 7.37. The molecule has 3 nitrogen and oxygen atoms in total. The van der Waals surface area contributed by atoms with Crippen LogP contribution >= 0.6 is 0 Å². The van der Waals surface area contributed by atoms with Crippen molar-refractivity contribution >= 4 is 0 Å². The minimum absolute atomic E-state index is 0.151. The molecule has 2 aliphatic rings. The average Bonchev–Trinajstić information content (AvgIpc) is 2.56. The van der Waals surface area contributed by atoms with Crippen LogP contribution in [0.25, 0.3) is 0 Å². The SMILES string of the molecule is CN1C2CCC1CN(CCCC(C)(C)C#N)CC2. The molecule has 0 aromatic rings. The number of hydrogen-bond donors (Lipinski definition) is 0. The Morgan fingerprint density at radius 2 is 1.94 bits per heavy atom. The average molecular weight is 249 g/mol. The topological polar surface area (TPSA) is 30.3 Å². The lowest BCUT2D eigenvalue weighted by atomic mass is 9.90. The number of fused-ring (bicyclic) bond motifs is 2. The zero-order valence-electron chi connectivity index (χ0n) is 12.2. The Kier molecular flexibility index (Phi) is 4.29.